The minimum atomic E-state index is -0.352. The molecule has 0 N–H and O–H groups in total. The van der Waals surface area contributed by atoms with E-state index in [-0.39, 0.29) is 5.97 Å². The van der Waals surface area contributed by atoms with Crippen LogP contribution in [-0.4, -0.2) is 63.5 Å². The predicted molar refractivity (Wildman–Crippen MR) is 115 cm³/mol. The van der Waals surface area contributed by atoms with Crippen LogP contribution in [0.15, 0.2) is 12.3 Å². The first kappa shape index (κ1) is 20.1. The summed E-state index contributed by atoms with van der Waals surface area (Å²) in [7, 11) is 1.87. The fourth-order valence-electron chi connectivity index (χ4n) is 4.10. The maximum Gasteiger partial charge on any atom is 0.341 e. The first-order valence-corrected chi connectivity index (χ1v) is 10.2. The van der Waals surface area contributed by atoms with Crippen LogP contribution in [0.4, 0.5) is 11.5 Å². The molecule has 158 valence electrons. The van der Waals surface area contributed by atoms with Crippen molar-refractivity contribution < 1.29 is 9.53 Å². The molecule has 1 aliphatic rings. The van der Waals surface area contributed by atoms with Gasteiger partial charge in [0.1, 0.15) is 17.2 Å². The molecule has 1 aliphatic heterocycles. The number of nitrogens with zero attached hydrogens (tertiary/aromatic N) is 7. The normalized spacial score (nSPS) is 14.4. The Morgan fingerprint density at radius 2 is 1.80 bits per heavy atom. The maximum atomic E-state index is 12.7. The van der Waals surface area contributed by atoms with Gasteiger partial charge in [0.15, 0.2) is 5.65 Å². The summed E-state index contributed by atoms with van der Waals surface area (Å²) in [6.07, 6.45) is 1.61. The number of piperazine rings is 1. The summed E-state index contributed by atoms with van der Waals surface area (Å²) in [5.74, 6) is 1.37. The highest BCUT2D eigenvalue weighted by atomic mass is 16.5. The monoisotopic (exact) mass is 409 g/mol. The van der Waals surface area contributed by atoms with Crippen molar-refractivity contribution in [3.8, 4) is 0 Å². The molecule has 0 radical (unpaired) electrons. The molecule has 3 aromatic rings. The van der Waals surface area contributed by atoms with Gasteiger partial charge < -0.3 is 14.5 Å². The molecule has 1 fully saturated rings. The van der Waals surface area contributed by atoms with Crippen molar-refractivity contribution >= 4 is 28.5 Å². The number of aryl methyl sites for hydroxylation is 4. The highest BCUT2D eigenvalue weighted by molar-refractivity contribution is 6.05. The molecule has 0 unspecified atom stereocenters. The summed E-state index contributed by atoms with van der Waals surface area (Å²) in [6.45, 7) is 11.1. The Kier molecular flexibility index (Phi) is 5.27. The lowest BCUT2D eigenvalue weighted by atomic mass is 10.1. The number of rotatable bonds is 4. The standard InChI is InChI=1S/C21H27N7O2/c1-6-30-21(29)16-12-22-20-18(14(3)25-26(20)5)19(16)28-9-7-27(8-10-28)17-11-13(2)23-15(4)24-17/h11-12H,6-10H2,1-5H3. The predicted octanol–water partition coefficient (Wildman–Crippen LogP) is 2.19. The Hall–Kier alpha value is -3.23. The van der Waals surface area contributed by atoms with Crippen molar-refractivity contribution in [1.29, 1.82) is 0 Å². The van der Waals surface area contributed by atoms with E-state index >= 15 is 0 Å². The number of ether oxygens (including phenoxy) is 1. The Morgan fingerprint density at radius 3 is 2.47 bits per heavy atom. The second-order valence-electron chi connectivity index (χ2n) is 7.54. The van der Waals surface area contributed by atoms with E-state index < -0.39 is 0 Å². The van der Waals surface area contributed by atoms with E-state index in [2.05, 4.69) is 29.9 Å². The van der Waals surface area contributed by atoms with Crippen molar-refractivity contribution in [1.82, 2.24) is 24.7 Å². The van der Waals surface area contributed by atoms with Crippen LogP contribution < -0.4 is 9.80 Å². The van der Waals surface area contributed by atoms with E-state index in [0.717, 1.165) is 65.9 Å². The molecular weight excluding hydrogens is 382 g/mol. The number of esters is 1. The number of hydrogen-bond donors (Lipinski definition) is 0. The second-order valence-corrected chi connectivity index (χ2v) is 7.54. The summed E-state index contributed by atoms with van der Waals surface area (Å²) >= 11 is 0. The number of carbonyl (C=O) groups is 1. The molecule has 0 aromatic carbocycles. The van der Waals surface area contributed by atoms with Gasteiger partial charge in [-0.25, -0.2) is 19.7 Å². The lowest BCUT2D eigenvalue weighted by molar-refractivity contribution is 0.0526. The van der Waals surface area contributed by atoms with E-state index in [1.807, 2.05) is 40.8 Å². The Labute approximate surface area is 175 Å². The Bertz CT molecular complexity index is 1080. The quantitative estimate of drug-likeness (QED) is 0.606. The van der Waals surface area contributed by atoms with Crippen LogP contribution in [0, 0.1) is 20.8 Å². The molecule has 9 heteroatoms. The Balaban J connectivity index is 1.69. The van der Waals surface area contributed by atoms with Gasteiger partial charge >= 0.3 is 5.97 Å². The molecule has 1 saturated heterocycles. The smallest absolute Gasteiger partial charge is 0.341 e. The molecule has 4 rings (SSSR count). The molecule has 3 aromatic heterocycles. The lowest BCUT2D eigenvalue weighted by Crippen LogP contribution is -2.47. The average molecular weight is 409 g/mol. The summed E-state index contributed by atoms with van der Waals surface area (Å²) in [5, 5.41) is 5.43. The van der Waals surface area contributed by atoms with Gasteiger partial charge in [-0.2, -0.15) is 5.10 Å². The van der Waals surface area contributed by atoms with Crippen molar-refractivity contribution in [2.75, 3.05) is 42.6 Å². The van der Waals surface area contributed by atoms with Gasteiger partial charge in [0.25, 0.3) is 0 Å². The summed E-state index contributed by atoms with van der Waals surface area (Å²) < 4.78 is 7.07. The topological polar surface area (TPSA) is 89.3 Å². The number of carbonyl (C=O) groups excluding carboxylic acids is 1. The van der Waals surface area contributed by atoms with Crippen molar-refractivity contribution in [2.24, 2.45) is 7.05 Å². The van der Waals surface area contributed by atoms with Crippen LogP contribution >= 0.6 is 0 Å². The first-order valence-electron chi connectivity index (χ1n) is 10.2. The highest BCUT2D eigenvalue weighted by Crippen LogP contribution is 2.33. The third-order valence-corrected chi connectivity index (χ3v) is 5.37. The van der Waals surface area contributed by atoms with E-state index in [1.165, 1.54) is 0 Å². The Morgan fingerprint density at radius 1 is 1.10 bits per heavy atom. The number of anilines is 2. The molecule has 0 atom stereocenters. The van der Waals surface area contributed by atoms with Crippen molar-refractivity contribution in [3.05, 3.63) is 35.0 Å². The number of pyridine rings is 1. The molecule has 4 heterocycles. The van der Waals surface area contributed by atoms with Gasteiger partial charge in [-0.05, 0) is 27.7 Å². The van der Waals surface area contributed by atoms with Crippen LogP contribution in [-0.2, 0) is 11.8 Å². The van der Waals surface area contributed by atoms with Gasteiger partial charge in [0, 0.05) is 51.2 Å². The third kappa shape index (κ3) is 3.55. The summed E-state index contributed by atoms with van der Waals surface area (Å²) in [5.41, 5.74) is 3.93. The molecule has 0 spiro atoms. The van der Waals surface area contributed by atoms with Crippen LogP contribution in [0.25, 0.3) is 11.0 Å². The zero-order chi connectivity index (χ0) is 21.4. The van der Waals surface area contributed by atoms with Crippen LogP contribution in [0.3, 0.4) is 0 Å². The minimum Gasteiger partial charge on any atom is -0.462 e. The maximum absolute atomic E-state index is 12.7. The van der Waals surface area contributed by atoms with Crippen molar-refractivity contribution in [2.45, 2.75) is 27.7 Å². The van der Waals surface area contributed by atoms with E-state index in [9.17, 15) is 4.79 Å². The molecule has 0 aliphatic carbocycles. The highest BCUT2D eigenvalue weighted by Gasteiger charge is 2.27. The molecule has 0 bridgehead atoms. The van der Waals surface area contributed by atoms with Gasteiger partial charge in [-0.3, -0.25) is 4.68 Å². The second kappa shape index (κ2) is 7.89. The van der Waals surface area contributed by atoms with E-state index in [4.69, 9.17) is 4.74 Å². The van der Waals surface area contributed by atoms with Gasteiger partial charge in [-0.15, -0.1) is 0 Å². The number of hydrogen-bond acceptors (Lipinski definition) is 8. The largest absolute Gasteiger partial charge is 0.462 e. The molecular formula is C21H27N7O2. The molecule has 0 amide bonds. The molecule has 9 nitrogen and oxygen atoms in total. The minimum absolute atomic E-state index is 0.322. The van der Waals surface area contributed by atoms with E-state index in [0.29, 0.717) is 12.2 Å². The SMILES string of the molecule is CCOC(=O)c1cnc2c(c(C)nn2C)c1N1CCN(c2cc(C)nc(C)n2)CC1. The average Bonchev–Trinajstić information content (AvgIpc) is 3.01. The van der Waals surface area contributed by atoms with Crippen LogP contribution in [0.1, 0.15) is 34.5 Å². The number of fused-ring (bicyclic) bond motifs is 1. The summed E-state index contributed by atoms with van der Waals surface area (Å²) in [4.78, 5) is 30.6. The number of aromatic nitrogens is 5. The fourth-order valence-corrected chi connectivity index (χ4v) is 4.10. The van der Waals surface area contributed by atoms with E-state index in [1.54, 1.807) is 10.9 Å². The molecule has 30 heavy (non-hydrogen) atoms. The van der Waals surface area contributed by atoms with Crippen LogP contribution in [0.5, 0.6) is 0 Å². The fraction of sp³-hybridized carbons (Fsp3) is 0.476. The van der Waals surface area contributed by atoms with Crippen molar-refractivity contribution in [3.63, 3.8) is 0 Å². The summed E-state index contributed by atoms with van der Waals surface area (Å²) in [6, 6.07) is 2.02. The molecule has 0 saturated carbocycles. The zero-order valence-electron chi connectivity index (χ0n) is 18.1. The lowest BCUT2D eigenvalue weighted by Gasteiger charge is -2.37. The first-order chi connectivity index (χ1) is 14.4. The van der Waals surface area contributed by atoms with Gasteiger partial charge in [0.2, 0.25) is 0 Å². The van der Waals surface area contributed by atoms with Gasteiger partial charge in [0.05, 0.1) is 23.4 Å². The van der Waals surface area contributed by atoms with Gasteiger partial charge in [-0.1, -0.05) is 0 Å². The zero-order valence-corrected chi connectivity index (χ0v) is 18.1. The third-order valence-electron chi connectivity index (χ3n) is 5.37. The van der Waals surface area contributed by atoms with Crippen LogP contribution in [0.2, 0.25) is 0 Å².